The fourth-order valence-electron chi connectivity index (χ4n) is 3.11. The van der Waals surface area contributed by atoms with Gasteiger partial charge in [-0.25, -0.2) is 4.79 Å². The molecule has 4 rings (SSSR count). The van der Waals surface area contributed by atoms with Gasteiger partial charge >= 0.3 is 5.69 Å². The second-order valence-electron chi connectivity index (χ2n) is 7.47. The molecular formula is C22H21ClN4O4. The number of aromatic nitrogens is 3. The molecule has 1 aromatic heterocycles. The Balaban J connectivity index is 1.87. The van der Waals surface area contributed by atoms with Crippen LogP contribution in [0.15, 0.2) is 52.1 Å². The fourth-order valence-corrected chi connectivity index (χ4v) is 3.29. The Morgan fingerprint density at radius 2 is 2.00 bits per heavy atom. The summed E-state index contributed by atoms with van der Waals surface area (Å²) in [5, 5.41) is 7.31. The number of carbonyl (C=O) groups is 1. The topological polar surface area (TPSA) is 95.2 Å². The highest BCUT2D eigenvalue weighted by molar-refractivity contribution is 6.31. The number of rotatable bonds is 6. The largest absolute Gasteiger partial charge is 0.497 e. The van der Waals surface area contributed by atoms with E-state index < -0.39 is 17.2 Å². The molecule has 0 atom stereocenters. The van der Waals surface area contributed by atoms with Gasteiger partial charge in [0.15, 0.2) is 0 Å². The highest BCUT2D eigenvalue weighted by Gasteiger charge is 2.27. The zero-order valence-corrected chi connectivity index (χ0v) is 17.8. The molecule has 8 nitrogen and oxygen atoms in total. The molecule has 2 aromatic carbocycles. The molecular weight excluding hydrogens is 420 g/mol. The van der Waals surface area contributed by atoms with Gasteiger partial charge in [-0.1, -0.05) is 29.8 Å². The lowest BCUT2D eigenvalue weighted by atomic mass is 10.2. The van der Waals surface area contributed by atoms with E-state index in [1.807, 2.05) is 6.92 Å². The SMILES string of the molecule is COc1cccc(Cn2c(=O)c(C(=O)NC3CC3)nn(-c3ccc(C)c(Cl)c3)c2=O)c1. The van der Waals surface area contributed by atoms with E-state index in [2.05, 4.69) is 10.4 Å². The molecule has 1 aliphatic rings. The summed E-state index contributed by atoms with van der Waals surface area (Å²) in [7, 11) is 1.53. The zero-order chi connectivity index (χ0) is 22.1. The van der Waals surface area contributed by atoms with E-state index in [0.29, 0.717) is 22.0 Å². The first-order valence-electron chi connectivity index (χ1n) is 9.82. The molecule has 0 unspecified atom stereocenters. The molecule has 1 N–H and O–H groups in total. The van der Waals surface area contributed by atoms with E-state index in [1.165, 1.54) is 7.11 Å². The van der Waals surface area contributed by atoms with Crippen LogP contribution in [-0.2, 0) is 6.54 Å². The zero-order valence-electron chi connectivity index (χ0n) is 17.1. The van der Waals surface area contributed by atoms with Crippen LogP contribution in [0, 0.1) is 6.92 Å². The summed E-state index contributed by atoms with van der Waals surface area (Å²) in [4.78, 5) is 39.0. The average molecular weight is 441 g/mol. The maximum atomic E-state index is 13.2. The molecule has 1 saturated carbocycles. The van der Waals surface area contributed by atoms with E-state index >= 15 is 0 Å². The number of benzene rings is 2. The number of nitrogens with one attached hydrogen (secondary N) is 1. The molecule has 1 heterocycles. The van der Waals surface area contributed by atoms with Crippen LogP contribution in [0.3, 0.4) is 0 Å². The number of aryl methyl sites for hydroxylation is 1. The lowest BCUT2D eigenvalue weighted by Crippen LogP contribution is -2.46. The molecule has 0 spiro atoms. The predicted octanol–water partition coefficient (Wildman–Crippen LogP) is 2.31. The number of hydrogen-bond donors (Lipinski definition) is 1. The lowest BCUT2D eigenvalue weighted by Gasteiger charge is -2.13. The first kappa shape index (κ1) is 20.9. The number of amides is 1. The van der Waals surface area contributed by atoms with Crippen LogP contribution < -0.4 is 21.3 Å². The summed E-state index contributed by atoms with van der Waals surface area (Å²) in [6.07, 6.45) is 1.72. The molecule has 0 radical (unpaired) electrons. The Morgan fingerprint density at radius 3 is 2.68 bits per heavy atom. The van der Waals surface area contributed by atoms with Crippen molar-refractivity contribution in [2.45, 2.75) is 32.4 Å². The van der Waals surface area contributed by atoms with Crippen LogP contribution in [0.5, 0.6) is 5.75 Å². The maximum absolute atomic E-state index is 13.2. The van der Waals surface area contributed by atoms with Gasteiger partial charge in [0.1, 0.15) is 5.75 Å². The summed E-state index contributed by atoms with van der Waals surface area (Å²) < 4.78 is 7.26. The number of nitrogens with zero attached hydrogens (tertiary/aromatic N) is 3. The summed E-state index contributed by atoms with van der Waals surface area (Å²) in [6.45, 7) is 1.79. The molecule has 3 aromatic rings. The van der Waals surface area contributed by atoms with Gasteiger partial charge in [-0.05, 0) is 55.2 Å². The third-order valence-electron chi connectivity index (χ3n) is 5.06. The lowest BCUT2D eigenvalue weighted by molar-refractivity contribution is 0.0941. The Morgan fingerprint density at radius 1 is 1.23 bits per heavy atom. The molecule has 1 amide bonds. The van der Waals surface area contributed by atoms with Crippen LogP contribution in [0.25, 0.3) is 5.69 Å². The molecule has 160 valence electrons. The minimum atomic E-state index is -0.750. The third-order valence-corrected chi connectivity index (χ3v) is 5.47. The van der Waals surface area contributed by atoms with Crippen LogP contribution >= 0.6 is 11.6 Å². The van der Waals surface area contributed by atoms with E-state index in [9.17, 15) is 14.4 Å². The van der Waals surface area contributed by atoms with Crippen LogP contribution in [0.1, 0.15) is 34.5 Å². The minimum Gasteiger partial charge on any atom is -0.497 e. The van der Waals surface area contributed by atoms with Crippen molar-refractivity contribution in [2.75, 3.05) is 7.11 Å². The predicted molar refractivity (Wildman–Crippen MR) is 116 cm³/mol. The van der Waals surface area contributed by atoms with Crippen molar-refractivity contribution in [3.05, 3.63) is 85.1 Å². The van der Waals surface area contributed by atoms with Crippen LogP contribution in [0.4, 0.5) is 0 Å². The molecule has 0 saturated heterocycles. The molecule has 31 heavy (non-hydrogen) atoms. The van der Waals surface area contributed by atoms with Gasteiger partial charge in [0.25, 0.3) is 11.5 Å². The Kier molecular flexibility index (Phi) is 5.65. The maximum Gasteiger partial charge on any atom is 0.352 e. The van der Waals surface area contributed by atoms with Crippen molar-refractivity contribution in [1.82, 2.24) is 19.7 Å². The normalized spacial score (nSPS) is 13.1. The third kappa shape index (κ3) is 4.39. The molecule has 0 aliphatic heterocycles. The first-order chi connectivity index (χ1) is 14.9. The second kappa shape index (κ2) is 8.39. The number of halogens is 1. The average Bonchev–Trinajstić information content (AvgIpc) is 3.57. The Bertz CT molecular complexity index is 1280. The second-order valence-corrected chi connectivity index (χ2v) is 7.87. The van der Waals surface area contributed by atoms with E-state index in [4.69, 9.17) is 16.3 Å². The standard InChI is InChI=1S/C22H21ClN4O4/c1-13-6-9-16(11-18(13)23)27-22(30)26(12-14-4-3-5-17(10-14)31-2)21(29)19(25-27)20(28)24-15-7-8-15/h3-6,9-11,15H,7-8,12H2,1-2H3,(H,24,28). The molecule has 9 heteroatoms. The Labute approximate surface area is 183 Å². The molecule has 1 aliphatic carbocycles. The number of carbonyl (C=O) groups excluding carboxylic acids is 1. The number of methoxy groups -OCH3 is 1. The van der Waals surface area contributed by atoms with Crippen molar-refractivity contribution >= 4 is 17.5 Å². The smallest absolute Gasteiger partial charge is 0.352 e. The summed E-state index contributed by atoms with van der Waals surface area (Å²) in [5.41, 5.74) is 0.101. The van der Waals surface area contributed by atoms with Crippen LogP contribution in [0.2, 0.25) is 5.02 Å². The summed E-state index contributed by atoms with van der Waals surface area (Å²) >= 11 is 6.22. The van der Waals surface area contributed by atoms with Crippen molar-refractivity contribution in [3.8, 4) is 11.4 Å². The van der Waals surface area contributed by atoms with Gasteiger partial charge in [-0.15, -0.1) is 0 Å². The number of ether oxygens (including phenoxy) is 1. The van der Waals surface area contributed by atoms with Gasteiger partial charge in [0, 0.05) is 11.1 Å². The van der Waals surface area contributed by atoms with Crippen molar-refractivity contribution in [1.29, 1.82) is 0 Å². The van der Waals surface area contributed by atoms with Crippen molar-refractivity contribution in [2.24, 2.45) is 0 Å². The Hall–Kier alpha value is -3.39. The highest BCUT2D eigenvalue weighted by Crippen LogP contribution is 2.20. The first-order valence-corrected chi connectivity index (χ1v) is 10.2. The van der Waals surface area contributed by atoms with E-state index in [-0.39, 0.29) is 18.3 Å². The molecule has 1 fully saturated rings. The monoisotopic (exact) mass is 440 g/mol. The van der Waals surface area contributed by atoms with Gasteiger partial charge in [-0.2, -0.15) is 9.78 Å². The highest BCUT2D eigenvalue weighted by atomic mass is 35.5. The van der Waals surface area contributed by atoms with Gasteiger partial charge in [0.2, 0.25) is 5.69 Å². The van der Waals surface area contributed by atoms with Gasteiger partial charge in [-0.3, -0.25) is 14.2 Å². The van der Waals surface area contributed by atoms with Gasteiger partial charge in [0.05, 0.1) is 19.3 Å². The van der Waals surface area contributed by atoms with E-state index in [0.717, 1.165) is 27.7 Å². The number of hydrogen-bond acceptors (Lipinski definition) is 5. The van der Waals surface area contributed by atoms with E-state index in [1.54, 1.807) is 42.5 Å². The quantitative estimate of drug-likeness (QED) is 0.634. The van der Waals surface area contributed by atoms with Crippen LogP contribution in [-0.4, -0.2) is 33.4 Å². The summed E-state index contributed by atoms with van der Waals surface area (Å²) in [6, 6.07) is 12.0. The van der Waals surface area contributed by atoms with Gasteiger partial charge < -0.3 is 10.1 Å². The van der Waals surface area contributed by atoms with Crippen molar-refractivity contribution in [3.63, 3.8) is 0 Å². The van der Waals surface area contributed by atoms with Crippen molar-refractivity contribution < 1.29 is 9.53 Å². The minimum absolute atomic E-state index is 0.0368. The fraction of sp³-hybridized carbons (Fsp3) is 0.273. The summed E-state index contributed by atoms with van der Waals surface area (Å²) in [5.74, 6) is -0.00389. The molecule has 0 bridgehead atoms.